The highest BCUT2D eigenvalue weighted by Gasteiger charge is 2.42. The van der Waals surface area contributed by atoms with E-state index in [0.717, 1.165) is 36.8 Å². The van der Waals surface area contributed by atoms with Crippen LogP contribution >= 0.6 is 11.6 Å². The second-order valence-electron chi connectivity index (χ2n) is 8.74. The first-order chi connectivity index (χ1) is 14.2. The minimum atomic E-state index is 0.602. The van der Waals surface area contributed by atoms with Crippen molar-refractivity contribution in [2.45, 2.75) is 38.5 Å². The van der Waals surface area contributed by atoms with E-state index in [1.54, 1.807) is 12.4 Å². The number of rotatable bonds is 6. The molecule has 0 N–H and O–H groups in total. The molecule has 2 fully saturated rings. The van der Waals surface area contributed by atoms with E-state index in [9.17, 15) is 0 Å². The Morgan fingerprint density at radius 1 is 1.10 bits per heavy atom. The summed E-state index contributed by atoms with van der Waals surface area (Å²) >= 11 is 5.90. The maximum atomic E-state index is 5.90. The van der Waals surface area contributed by atoms with Gasteiger partial charge in [0.15, 0.2) is 0 Å². The van der Waals surface area contributed by atoms with Crippen molar-refractivity contribution in [2.24, 2.45) is 24.8 Å². The smallest absolute Gasteiger partial charge is 0.225 e. The molecule has 1 unspecified atom stereocenters. The fourth-order valence-corrected chi connectivity index (χ4v) is 5.21. The van der Waals surface area contributed by atoms with Gasteiger partial charge in [0, 0.05) is 25.5 Å². The Morgan fingerprint density at radius 2 is 1.90 bits per heavy atom. The summed E-state index contributed by atoms with van der Waals surface area (Å²) < 4.78 is 1.94. The van der Waals surface area contributed by atoms with Gasteiger partial charge in [0.2, 0.25) is 5.95 Å². The SMILES string of the molecule is Cn1ncc2cc(CCCC3C[C@@H]3C3CCN(c4ncc(Cl)cn4)CC3)ccc21. The first-order valence-corrected chi connectivity index (χ1v) is 11.2. The Hall–Kier alpha value is -2.14. The first-order valence-electron chi connectivity index (χ1n) is 10.8. The Morgan fingerprint density at radius 3 is 2.69 bits per heavy atom. The molecule has 0 amide bonds. The van der Waals surface area contributed by atoms with Crippen molar-refractivity contribution in [3.8, 4) is 0 Å². The number of benzene rings is 1. The van der Waals surface area contributed by atoms with Gasteiger partial charge in [-0.3, -0.25) is 4.68 Å². The monoisotopic (exact) mass is 409 g/mol. The highest BCUT2D eigenvalue weighted by atomic mass is 35.5. The predicted octanol–water partition coefficient (Wildman–Crippen LogP) is 4.89. The Bertz CT molecular complexity index is 975. The van der Waals surface area contributed by atoms with Crippen LogP contribution in [0.4, 0.5) is 5.95 Å². The maximum Gasteiger partial charge on any atom is 0.225 e. The van der Waals surface area contributed by atoms with Gasteiger partial charge in [-0.2, -0.15) is 5.10 Å². The van der Waals surface area contributed by atoms with E-state index in [2.05, 4.69) is 38.2 Å². The lowest BCUT2D eigenvalue weighted by Gasteiger charge is -2.32. The third-order valence-electron chi connectivity index (χ3n) is 6.86. The van der Waals surface area contributed by atoms with Crippen molar-refractivity contribution in [1.29, 1.82) is 0 Å². The van der Waals surface area contributed by atoms with Crippen molar-refractivity contribution in [3.63, 3.8) is 0 Å². The van der Waals surface area contributed by atoms with E-state index < -0.39 is 0 Å². The van der Waals surface area contributed by atoms with Crippen LogP contribution in [0, 0.1) is 17.8 Å². The van der Waals surface area contributed by atoms with Crippen LogP contribution in [0.2, 0.25) is 5.02 Å². The zero-order valence-corrected chi connectivity index (χ0v) is 17.7. The number of anilines is 1. The fourth-order valence-electron chi connectivity index (χ4n) is 5.11. The molecule has 5 nitrogen and oxygen atoms in total. The quantitative estimate of drug-likeness (QED) is 0.581. The van der Waals surface area contributed by atoms with E-state index in [-0.39, 0.29) is 0 Å². The second kappa shape index (κ2) is 7.94. The highest BCUT2D eigenvalue weighted by Crippen LogP contribution is 2.50. The minimum Gasteiger partial charge on any atom is -0.341 e. The average molecular weight is 410 g/mol. The van der Waals surface area contributed by atoms with Crippen molar-refractivity contribution >= 4 is 28.5 Å². The van der Waals surface area contributed by atoms with Crippen LogP contribution in [-0.4, -0.2) is 32.8 Å². The standard InChI is InChI=1S/C23H28ClN5/c1-28-22-6-5-16(11-19(22)13-27-28)3-2-4-18-12-21(18)17-7-9-29(10-8-17)23-25-14-20(24)15-26-23/h5-6,11,13-15,17-18,21H,2-4,7-10,12H2,1H3/t18?,21-/m1/s1. The van der Waals surface area contributed by atoms with Gasteiger partial charge in [-0.25, -0.2) is 9.97 Å². The van der Waals surface area contributed by atoms with Crippen LogP contribution in [0.5, 0.6) is 0 Å². The molecule has 3 heterocycles. The zero-order chi connectivity index (χ0) is 19.8. The molecule has 0 radical (unpaired) electrons. The summed E-state index contributed by atoms with van der Waals surface area (Å²) in [5.41, 5.74) is 2.66. The van der Waals surface area contributed by atoms with Crippen molar-refractivity contribution in [3.05, 3.63) is 47.4 Å². The number of aromatic nitrogens is 4. The number of fused-ring (bicyclic) bond motifs is 1. The third kappa shape index (κ3) is 4.11. The van der Waals surface area contributed by atoms with Crippen molar-refractivity contribution < 1.29 is 0 Å². The van der Waals surface area contributed by atoms with Crippen LogP contribution in [0.25, 0.3) is 10.9 Å². The first kappa shape index (κ1) is 18.9. The van der Waals surface area contributed by atoms with Crippen molar-refractivity contribution in [2.75, 3.05) is 18.0 Å². The van der Waals surface area contributed by atoms with Crippen LogP contribution in [-0.2, 0) is 13.5 Å². The molecule has 2 atom stereocenters. The second-order valence-corrected chi connectivity index (χ2v) is 9.18. The normalized spacial score (nSPS) is 22.3. The van der Waals surface area contributed by atoms with Crippen molar-refractivity contribution in [1.82, 2.24) is 19.7 Å². The molecular weight excluding hydrogens is 382 g/mol. The maximum absolute atomic E-state index is 5.90. The van der Waals surface area contributed by atoms with Gasteiger partial charge in [-0.15, -0.1) is 0 Å². The molecule has 0 bridgehead atoms. The number of hydrogen-bond donors (Lipinski definition) is 0. The fraction of sp³-hybridized carbons (Fsp3) is 0.522. The molecule has 6 heteroatoms. The van der Waals surface area contributed by atoms with Crippen LogP contribution in [0.3, 0.4) is 0 Å². The number of aryl methyl sites for hydroxylation is 2. The number of halogens is 1. The van der Waals surface area contributed by atoms with Crippen LogP contribution in [0.15, 0.2) is 36.8 Å². The van der Waals surface area contributed by atoms with Gasteiger partial charge in [0.1, 0.15) is 0 Å². The van der Waals surface area contributed by atoms with E-state index in [4.69, 9.17) is 11.6 Å². The molecule has 1 aromatic carbocycles. The van der Waals surface area contributed by atoms with Crippen LogP contribution < -0.4 is 4.90 Å². The van der Waals surface area contributed by atoms with E-state index in [1.807, 2.05) is 17.9 Å². The molecule has 0 spiro atoms. The lowest BCUT2D eigenvalue weighted by molar-refractivity contribution is 0.341. The van der Waals surface area contributed by atoms with E-state index in [0.29, 0.717) is 5.02 Å². The summed E-state index contributed by atoms with van der Waals surface area (Å²) in [4.78, 5) is 11.0. The Balaban J connectivity index is 1.06. The lowest BCUT2D eigenvalue weighted by atomic mass is 9.90. The summed E-state index contributed by atoms with van der Waals surface area (Å²) in [6.45, 7) is 2.14. The number of nitrogens with zero attached hydrogens (tertiary/aromatic N) is 5. The molecule has 5 rings (SSSR count). The van der Waals surface area contributed by atoms with E-state index >= 15 is 0 Å². The van der Waals surface area contributed by atoms with Gasteiger partial charge in [-0.1, -0.05) is 17.7 Å². The highest BCUT2D eigenvalue weighted by molar-refractivity contribution is 6.30. The van der Waals surface area contributed by atoms with Crippen LogP contribution in [0.1, 0.15) is 37.7 Å². The topological polar surface area (TPSA) is 46.8 Å². The molecule has 2 aliphatic rings. The molecule has 1 saturated carbocycles. The molecule has 29 heavy (non-hydrogen) atoms. The van der Waals surface area contributed by atoms with Gasteiger partial charge in [0.25, 0.3) is 0 Å². The molecule has 3 aromatic rings. The largest absolute Gasteiger partial charge is 0.341 e. The minimum absolute atomic E-state index is 0.602. The summed E-state index contributed by atoms with van der Waals surface area (Å²) in [6, 6.07) is 6.78. The zero-order valence-electron chi connectivity index (χ0n) is 17.0. The number of piperidine rings is 1. The summed E-state index contributed by atoms with van der Waals surface area (Å²) in [5.74, 6) is 3.60. The average Bonchev–Trinajstić information content (AvgIpc) is 3.43. The van der Waals surface area contributed by atoms with Gasteiger partial charge in [-0.05, 0) is 74.0 Å². The predicted molar refractivity (Wildman–Crippen MR) is 117 cm³/mol. The molecule has 152 valence electrons. The summed E-state index contributed by atoms with van der Waals surface area (Å²) in [5, 5.41) is 6.20. The summed E-state index contributed by atoms with van der Waals surface area (Å²) in [6.07, 6.45) is 13.2. The molecule has 1 aliphatic carbocycles. The van der Waals surface area contributed by atoms with Gasteiger partial charge >= 0.3 is 0 Å². The molecule has 2 aromatic heterocycles. The van der Waals surface area contributed by atoms with Gasteiger partial charge < -0.3 is 4.90 Å². The Labute approximate surface area is 177 Å². The molecule has 1 aliphatic heterocycles. The molecule has 1 saturated heterocycles. The summed E-state index contributed by atoms with van der Waals surface area (Å²) in [7, 11) is 2.00. The molecular formula is C23H28ClN5. The lowest BCUT2D eigenvalue weighted by Crippen LogP contribution is -2.35. The third-order valence-corrected chi connectivity index (χ3v) is 7.06. The van der Waals surface area contributed by atoms with E-state index in [1.165, 1.54) is 55.0 Å². The Kier molecular flexibility index (Phi) is 5.17. The number of hydrogen-bond acceptors (Lipinski definition) is 4. The van der Waals surface area contributed by atoms with Gasteiger partial charge in [0.05, 0.1) is 29.1 Å².